The number of rotatable bonds is 6. The van der Waals surface area contributed by atoms with Crippen molar-refractivity contribution in [2.24, 2.45) is 0 Å². The number of hydrogen-bond donors (Lipinski definition) is 1. The van der Waals surface area contributed by atoms with Crippen LogP contribution in [0.25, 0.3) is 0 Å². The Morgan fingerprint density at radius 2 is 1.89 bits per heavy atom. The number of thiazole rings is 1. The fraction of sp³-hybridized carbons (Fsp3) is 0.812. The van der Waals surface area contributed by atoms with Crippen molar-refractivity contribution in [1.29, 1.82) is 0 Å². The predicted molar refractivity (Wildman–Crippen MR) is 84.0 cm³/mol. The molecule has 0 unspecified atom stereocenters. The van der Waals surface area contributed by atoms with Crippen LogP contribution in [0.2, 0.25) is 0 Å². The van der Waals surface area contributed by atoms with Crippen LogP contribution in [0.4, 0.5) is 0 Å². The minimum Gasteiger partial charge on any atom is -0.309 e. The monoisotopic (exact) mass is 280 g/mol. The molecule has 0 atom stereocenters. The van der Waals surface area contributed by atoms with Gasteiger partial charge < -0.3 is 5.32 Å². The summed E-state index contributed by atoms with van der Waals surface area (Å²) in [4.78, 5) is 6.46. The van der Waals surface area contributed by atoms with Crippen LogP contribution in [-0.2, 0) is 12.0 Å². The lowest BCUT2D eigenvalue weighted by Gasteiger charge is -2.18. The van der Waals surface area contributed by atoms with Gasteiger partial charge in [0.05, 0.1) is 10.7 Å². The topological polar surface area (TPSA) is 24.9 Å². The maximum Gasteiger partial charge on any atom is 0.0962 e. The van der Waals surface area contributed by atoms with E-state index in [9.17, 15) is 0 Å². The molecule has 1 aromatic rings. The first-order valence-corrected chi connectivity index (χ1v) is 8.50. The third kappa shape index (κ3) is 3.79. The van der Waals surface area contributed by atoms with E-state index >= 15 is 0 Å². The maximum atomic E-state index is 5.00. The summed E-state index contributed by atoms with van der Waals surface area (Å²) in [5.74, 6) is 0.640. The predicted octanol–water partition coefficient (Wildman–Crippen LogP) is 4.60. The Kier molecular flexibility index (Phi) is 4.67. The van der Waals surface area contributed by atoms with E-state index in [2.05, 4.69) is 39.9 Å². The van der Waals surface area contributed by atoms with Gasteiger partial charge >= 0.3 is 0 Å². The van der Waals surface area contributed by atoms with Gasteiger partial charge in [-0.2, -0.15) is 0 Å². The summed E-state index contributed by atoms with van der Waals surface area (Å²) in [6, 6.07) is 0.770. The summed E-state index contributed by atoms with van der Waals surface area (Å²) in [5.41, 5.74) is 1.47. The van der Waals surface area contributed by atoms with E-state index in [0.29, 0.717) is 5.92 Å². The Morgan fingerprint density at radius 3 is 2.37 bits per heavy atom. The molecule has 1 heterocycles. The van der Waals surface area contributed by atoms with Crippen molar-refractivity contribution in [2.75, 3.05) is 0 Å². The minimum atomic E-state index is 0.154. The molecular formula is C16H28N2S. The molecule has 0 spiro atoms. The average molecular weight is 280 g/mol. The van der Waals surface area contributed by atoms with Crippen molar-refractivity contribution in [3.8, 4) is 0 Å². The Labute approximate surface area is 122 Å². The fourth-order valence-electron chi connectivity index (χ4n) is 2.41. The van der Waals surface area contributed by atoms with E-state index in [4.69, 9.17) is 4.98 Å². The highest BCUT2D eigenvalue weighted by molar-refractivity contribution is 7.11. The second-order valence-corrected chi connectivity index (χ2v) is 7.86. The van der Waals surface area contributed by atoms with Crippen LogP contribution in [0, 0.1) is 0 Å². The molecule has 2 nitrogen and oxygen atoms in total. The van der Waals surface area contributed by atoms with Crippen LogP contribution in [0.1, 0.15) is 81.8 Å². The molecule has 1 aliphatic rings. The van der Waals surface area contributed by atoms with E-state index in [1.807, 2.05) is 11.3 Å². The first-order chi connectivity index (χ1) is 8.95. The van der Waals surface area contributed by atoms with Gasteiger partial charge in [-0.15, -0.1) is 11.3 Å². The zero-order valence-electron chi connectivity index (χ0n) is 13.0. The molecule has 19 heavy (non-hydrogen) atoms. The molecule has 1 fully saturated rings. The largest absolute Gasteiger partial charge is 0.309 e. The van der Waals surface area contributed by atoms with Crippen LogP contribution >= 0.6 is 11.3 Å². The Bertz CT molecular complexity index is 409. The number of nitrogens with one attached hydrogen (secondary N) is 1. The van der Waals surface area contributed by atoms with Crippen molar-refractivity contribution < 1.29 is 0 Å². The van der Waals surface area contributed by atoms with Gasteiger partial charge in [0.25, 0.3) is 0 Å². The van der Waals surface area contributed by atoms with Crippen molar-refractivity contribution in [3.05, 3.63) is 15.6 Å². The van der Waals surface area contributed by atoms with Gasteiger partial charge in [0, 0.05) is 28.8 Å². The fourth-order valence-corrected chi connectivity index (χ4v) is 3.91. The molecule has 1 aromatic heterocycles. The average Bonchev–Trinajstić information content (AvgIpc) is 3.07. The molecule has 1 N–H and O–H groups in total. The minimum absolute atomic E-state index is 0.154. The third-order valence-corrected chi connectivity index (χ3v) is 5.11. The normalized spacial score (nSPS) is 16.3. The summed E-state index contributed by atoms with van der Waals surface area (Å²) in [6.07, 6.45) is 5.10. The van der Waals surface area contributed by atoms with E-state index in [-0.39, 0.29) is 5.41 Å². The van der Waals surface area contributed by atoms with E-state index in [1.54, 1.807) is 0 Å². The summed E-state index contributed by atoms with van der Waals surface area (Å²) >= 11 is 1.94. The standard InChI is InChI=1S/C16H28N2S/c1-6-11(7-2)15-18-14(16(3,4)5)13(19-15)10-17-12-8-9-12/h11-12,17H,6-10H2,1-5H3. The number of nitrogens with zero attached hydrogens (tertiary/aromatic N) is 1. The number of hydrogen-bond acceptors (Lipinski definition) is 3. The lowest BCUT2D eigenvalue weighted by atomic mass is 9.91. The van der Waals surface area contributed by atoms with Gasteiger partial charge in [0.1, 0.15) is 0 Å². The smallest absolute Gasteiger partial charge is 0.0962 e. The van der Waals surface area contributed by atoms with Gasteiger partial charge in [-0.05, 0) is 25.7 Å². The van der Waals surface area contributed by atoms with Crippen LogP contribution in [0.15, 0.2) is 0 Å². The van der Waals surface area contributed by atoms with Gasteiger partial charge in [0.2, 0.25) is 0 Å². The first kappa shape index (κ1) is 15.0. The maximum absolute atomic E-state index is 5.00. The van der Waals surface area contributed by atoms with Crippen molar-refractivity contribution >= 4 is 11.3 Å². The highest BCUT2D eigenvalue weighted by Gasteiger charge is 2.27. The summed E-state index contributed by atoms with van der Waals surface area (Å²) in [6.45, 7) is 12.4. The molecule has 0 aliphatic heterocycles. The Balaban J connectivity index is 2.21. The molecule has 0 bridgehead atoms. The van der Waals surface area contributed by atoms with Crippen LogP contribution < -0.4 is 5.32 Å². The lowest BCUT2D eigenvalue weighted by Crippen LogP contribution is -2.20. The summed E-state index contributed by atoms with van der Waals surface area (Å²) < 4.78 is 0. The second-order valence-electron chi connectivity index (χ2n) is 6.74. The van der Waals surface area contributed by atoms with Gasteiger partial charge in [-0.25, -0.2) is 4.98 Å². The van der Waals surface area contributed by atoms with Gasteiger partial charge in [-0.3, -0.25) is 0 Å². The molecule has 0 saturated heterocycles. The molecule has 0 amide bonds. The highest BCUT2D eigenvalue weighted by atomic mass is 32.1. The van der Waals surface area contributed by atoms with Crippen LogP contribution in [0.5, 0.6) is 0 Å². The van der Waals surface area contributed by atoms with Crippen LogP contribution in [0.3, 0.4) is 0 Å². The van der Waals surface area contributed by atoms with Gasteiger partial charge in [-0.1, -0.05) is 34.6 Å². The zero-order valence-corrected chi connectivity index (χ0v) is 13.9. The molecule has 1 saturated carbocycles. The molecule has 0 aromatic carbocycles. The molecule has 1 aliphatic carbocycles. The third-order valence-electron chi connectivity index (χ3n) is 3.89. The molecule has 2 rings (SSSR count). The molecule has 0 radical (unpaired) electrons. The highest BCUT2D eigenvalue weighted by Crippen LogP contribution is 2.35. The second kappa shape index (κ2) is 5.92. The Morgan fingerprint density at radius 1 is 1.26 bits per heavy atom. The van der Waals surface area contributed by atoms with E-state index in [1.165, 1.54) is 41.3 Å². The first-order valence-electron chi connectivity index (χ1n) is 7.69. The van der Waals surface area contributed by atoms with Crippen molar-refractivity contribution in [3.63, 3.8) is 0 Å². The molecule has 3 heteroatoms. The summed E-state index contributed by atoms with van der Waals surface area (Å²) in [5, 5.41) is 4.99. The number of aromatic nitrogens is 1. The lowest BCUT2D eigenvalue weighted by molar-refractivity contribution is 0.550. The van der Waals surface area contributed by atoms with Crippen molar-refractivity contribution in [2.45, 2.75) is 84.2 Å². The van der Waals surface area contributed by atoms with Crippen molar-refractivity contribution in [1.82, 2.24) is 10.3 Å². The SMILES string of the molecule is CCC(CC)c1nc(C(C)(C)C)c(CNC2CC2)s1. The Hall–Kier alpha value is -0.410. The van der Waals surface area contributed by atoms with E-state index < -0.39 is 0 Å². The van der Waals surface area contributed by atoms with E-state index in [0.717, 1.165) is 12.6 Å². The van der Waals surface area contributed by atoms with Crippen LogP contribution in [-0.4, -0.2) is 11.0 Å². The molecular weight excluding hydrogens is 252 g/mol. The quantitative estimate of drug-likeness (QED) is 0.824. The van der Waals surface area contributed by atoms with Gasteiger partial charge in [0.15, 0.2) is 0 Å². The zero-order chi connectivity index (χ0) is 14.0. The summed E-state index contributed by atoms with van der Waals surface area (Å²) in [7, 11) is 0. The molecule has 108 valence electrons.